The molecule has 2 heterocycles. The number of fused-ring (bicyclic) bond motifs is 1. The number of carbonyl (C=O) groups is 1. The van der Waals surface area contributed by atoms with Crippen molar-refractivity contribution >= 4 is 22.6 Å². The molecule has 0 fully saturated rings. The van der Waals surface area contributed by atoms with Crippen LogP contribution in [0.25, 0.3) is 11.0 Å². The third kappa shape index (κ3) is 3.64. The standard InChI is InChI=1S/C17H12F4N4O2/c1-7-8(2)24-14-11(4-10(18)5-12(14)23-7)15(26)25-13-3-9(17(19,20)21)6-22-16(13)27/h3-6H,1-2H3,(H,22,27)(H,25,26). The fourth-order valence-electron chi connectivity index (χ4n) is 2.40. The molecule has 0 atom stereocenters. The van der Waals surface area contributed by atoms with Crippen LogP contribution in [0, 0.1) is 19.7 Å². The molecule has 0 saturated heterocycles. The lowest BCUT2D eigenvalue weighted by atomic mass is 10.1. The summed E-state index contributed by atoms with van der Waals surface area (Å²) in [6, 6.07) is 2.46. The first kappa shape index (κ1) is 18.5. The van der Waals surface area contributed by atoms with Crippen molar-refractivity contribution in [1.29, 1.82) is 0 Å². The minimum absolute atomic E-state index is 0.0698. The van der Waals surface area contributed by atoms with Gasteiger partial charge in [0, 0.05) is 12.3 Å². The summed E-state index contributed by atoms with van der Waals surface area (Å²) >= 11 is 0. The molecule has 0 aliphatic carbocycles. The Labute approximate surface area is 149 Å². The first-order valence-corrected chi connectivity index (χ1v) is 7.62. The van der Waals surface area contributed by atoms with Gasteiger partial charge in [0.25, 0.3) is 11.5 Å². The first-order valence-electron chi connectivity index (χ1n) is 7.62. The number of alkyl halides is 3. The van der Waals surface area contributed by atoms with Gasteiger partial charge in [-0.3, -0.25) is 9.59 Å². The number of aromatic amines is 1. The van der Waals surface area contributed by atoms with Crippen LogP contribution in [0.3, 0.4) is 0 Å². The minimum Gasteiger partial charge on any atom is -0.327 e. The minimum atomic E-state index is -4.71. The van der Waals surface area contributed by atoms with E-state index in [0.717, 1.165) is 12.1 Å². The number of hydrogen-bond donors (Lipinski definition) is 2. The summed E-state index contributed by atoms with van der Waals surface area (Å²) in [5.41, 5.74) is -1.74. The van der Waals surface area contributed by atoms with Crippen LogP contribution < -0.4 is 10.9 Å². The lowest BCUT2D eigenvalue weighted by molar-refractivity contribution is -0.137. The van der Waals surface area contributed by atoms with Crippen LogP contribution >= 0.6 is 0 Å². The highest BCUT2D eigenvalue weighted by Crippen LogP contribution is 2.29. The van der Waals surface area contributed by atoms with E-state index in [9.17, 15) is 27.2 Å². The summed E-state index contributed by atoms with van der Waals surface area (Å²) < 4.78 is 52.3. The molecule has 10 heteroatoms. The van der Waals surface area contributed by atoms with Gasteiger partial charge in [0.05, 0.1) is 28.0 Å². The van der Waals surface area contributed by atoms with Crippen LogP contribution in [0.15, 0.2) is 29.2 Å². The monoisotopic (exact) mass is 380 g/mol. The molecule has 0 bridgehead atoms. The molecule has 0 aliphatic heterocycles. The molecule has 0 radical (unpaired) electrons. The third-order valence-corrected chi connectivity index (χ3v) is 3.87. The van der Waals surface area contributed by atoms with Crippen LogP contribution in [0.4, 0.5) is 23.2 Å². The summed E-state index contributed by atoms with van der Waals surface area (Å²) in [6.45, 7) is 3.30. The Bertz CT molecular complexity index is 1120. The number of H-pyrrole nitrogens is 1. The van der Waals surface area contributed by atoms with Gasteiger partial charge in [-0.2, -0.15) is 13.2 Å². The number of aryl methyl sites for hydroxylation is 2. The molecule has 0 spiro atoms. The Kier molecular flexibility index (Phi) is 4.42. The predicted octanol–water partition coefficient (Wildman–Crippen LogP) is 3.35. The van der Waals surface area contributed by atoms with Crippen LogP contribution in [-0.2, 0) is 6.18 Å². The maximum Gasteiger partial charge on any atom is 0.417 e. The van der Waals surface area contributed by atoms with Crippen LogP contribution in [0.1, 0.15) is 27.3 Å². The number of hydrogen-bond acceptors (Lipinski definition) is 4. The molecule has 1 amide bonds. The smallest absolute Gasteiger partial charge is 0.327 e. The average Bonchev–Trinajstić information content (AvgIpc) is 2.56. The van der Waals surface area contributed by atoms with E-state index >= 15 is 0 Å². The third-order valence-electron chi connectivity index (χ3n) is 3.87. The van der Waals surface area contributed by atoms with E-state index in [1.807, 2.05) is 4.98 Å². The number of halogens is 4. The zero-order valence-electron chi connectivity index (χ0n) is 14.0. The average molecular weight is 380 g/mol. The van der Waals surface area contributed by atoms with E-state index in [0.29, 0.717) is 23.7 Å². The quantitative estimate of drug-likeness (QED) is 0.668. The highest BCUT2D eigenvalue weighted by molar-refractivity contribution is 6.11. The van der Waals surface area contributed by atoms with Crippen molar-refractivity contribution in [1.82, 2.24) is 15.0 Å². The second-order valence-corrected chi connectivity index (χ2v) is 5.80. The number of rotatable bonds is 2. The van der Waals surface area contributed by atoms with Crippen LogP contribution in [-0.4, -0.2) is 20.9 Å². The molecule has 3 rings (SSSR count). The summed E-state index contributed by atoms with van der Waals surface area (Å²) in [7, 11) is 0. The number of nitrogens with one attached hydrogen (secondary N) is 2. The first-order chi connectivity index (χ1) is 12.6. The summed E-state index contributed by atoms with van der Waals surface area (Å²) in [4.78, 5) is 34.5. The molecule has 2 N–H and O–H groups in total. The zero-order chi connectivity index (χ0) is 19.9. The van der Waals surface area contributed by atoms with E-state index < -0.39 is 34.7 Å². The summed E-state index contributed by atoms with van der Waals surface area (Å²) in [6.07, 6.45) is -4.22. The largest absolute Gasteiger partial charge is 0.417 e. The second kappa shape index (κ2) is 6.45. The second-order valence-electron chi connectivity index (χ2n) is 5.80. The molecular formula is C17H12F4N4O2. The van der Waals surface area contributed by atoms with Crippen molar-refractivity contribution < 1.29 is 22.4 Å². The van der Waals surface area contributed by atoms with Crippen molar-refractivity contribution in [3.63, 3.8) is 0 Å². The fourth-order valence-corrected chi connectivity index (χ4v) is 2.40. The number of benzene rings is 1. The number of pyridine rings is 1. The molecule has 140 valence electrons. The van der Waals surface area contributed by atoms with Crippen LogP contribution in [0.2, 0.25) is 0 Å². The topological polar surface area (TPSA) is 87.7 Å². The Hall–Kier alpha value is -3.30. The van der Waals surface area contributed by atoms with Crippen LogP contribution in [0.5, 0.6) is 0 Å². The fraction of sp³-hybridized carbons (Fsp3) is 0.176. The van der Waals surface area contributed by atoms with Gasteiger partial charge >= 0.3 is 6.18 Å². The van der Waals surface area contributed by atoms with Gasteiger partial charge in [-0.05, 0) is 26.0 Å². The normalized spacial score (nSPS) is 11.6. The summed E-state index contributed by atoms with van der Waals surface area (Å²) in [5.74, 6) is -1.76. The van der Waals surface area contributed by atoms with E-state index in [2.05, 4.69) is 15.3 Å². The maximum atomic E-state index is 13.9. The van der Waals surface area contributed by atoms with E-state index in [4.69, 9.17) is 0 Å². The van der Waals surface area contributed by atoms with Crippen molar-refractivity contribution in [3.8, 4) is 0 Å². The van der Waals surface area contributed by atoms with E-state index in [1.54, 1.807) is 13.8 Å². The van der Waals surface area contributed by atoms with Crippen molar-refractivity contribution in [2.75, 3.05) is 5.32 Å². The molecule has 0 unspecified atom stereocenters. The lowest BCUT2D eigenvalue weighted by Crippen LogP contribution is -2.22. The van der Waals surface area contributed by atoms with Crippen molar-refractivity contribution in [2.24, 2.45) is 0 Å². The van der Waals surface area contributed by atoms with Crippen molar-refractivity contribution in [2.45, 2.75) is 20.0 Å². The molecular weight excluding hydrogens is 368 g/mol. The maximum absolute atomic E-state index is 13.9. The highest BCUT2D eigenvalue weighted by atomic mass is 19.4. The molecule has 2 aromatic heterocycles. The number of carbonyl (C=O) groups excluding carboxylic acids is 1. The number of aromatic nitrogens is 3. The summed E-state index contributed by atoms with van der Waals surface area (Å²) in [5, 5.41) is 2.08. The van der Waals surface area contributed by atoms with Gasteiger partial charge in [-0.1, -0.05) is 0 Å². The molecule has 0 saturated carbocycles. The van der Waals surface area contributed by atoms with Gasteiger partial charge in [0.2, 0.25) is 0 Å². The van der Waals surface area contributed by atoms with Gasteiger partial charge in [0.15, 0.2) is 0 Å². The van der Waals surface area contributed by atoms with Crippen molar-refractivity contribution in [3.05, 3.63) is 63.1 Å². The Balaban J connectivity index is 2.08. The molecule has 6 nitrogen and oxygen atoms in total. The molecule has 0 aliphatic rings. The van der Waals surface area contributed by atoms with Gasteiger partial charge < -0.3 is 10.3 Å². The number of amides is 1. The van der Waals surface area contributed by atoms with Gasteiger partial charge in [0.1, 0.15) is 17.0 Å². The molecule has 3 aromatic rings. The zero-order valence-corrected chi connectivity index (χ0v) is 14.0. The SMILES string of the molecule is Cc1nc2cc(F)cc(C(=O)Nc3cc(C(F)(F)F)c[nH]c3=O)c2nc1C. The van der Waals surface area contributed by atoms with Gasteiger partial charge in [-0.25, -0.2) is 14.4 Å². The number of nitrogens with zero attached hydrogens (tertiary/aromatic N) is 2. The number of anilines is 1. The Morgan fingerprint density at radius 2 is 1.78 bits per heavy atom. The Morgan fingerprint density at radius 3 is 2.44 bits per heavy atom. The Morgan fingerprint density at radius 1 is 1.11 bits per heavy atom. The molecule has 1 aromatic carbocycles. The predicted molar refractivity (Wildman–Crippen MR) is 89.0 cm³/mol. The van der Waals surface area contributed by atoms with Gasteiger partial charge in [-0.15, -0.1) is 0 Å². The molecule has 27 heavy (non-hydrogen) atoms. The lowest BCUT2D eigenvalue weighted by Gasteiger charge is -2.11. The van der Waals surface area contributed by atoms with E-state index in [1.165, 1.54) is 0 Å². The highest BCUT2D eigenvalue weighted by Gasteiger charge is 2.31. The van der Waals surface area contributed by atoms with E-state index in [-0.39, 0.29) is 16.6 Å².